The number of nitrogens with one attached hydrogen (secondary N) is 1. The minimum atomic E-state index is -0.753. The summed E-state index contributed by atoms with van der Waals surface area (Å²) in [5, 5.41) is 12.6. The predicted molar refractivity (Wildman–Crippen MR) is 82.1 cm³/mol. The maximum atomic E-state index is 11.0. The van der Waals surface area contributed by atoms with Gasteiger partial charge in [-0.2, -0.15) is 0 Å². The fourth-order valence-corrected chi connectivity index (χ4v) is 4.12. The van der Waals surface area contributed by atoms with E-state index in [1.54, 1.807) is 0 Å². The lowest BCUT2D eigenvalue weighted by molar-refractivity contribution is -0.136. The van der Waals surface area contributed by atoms with Gasteiger partial charge in [0.1, 0.15) is 0 Å². The highest BCUT2D eigenvalue weighted by Crippen LogP contribution is 2.35. The summed E-state index contributed by atoms with van der Waals surface area (Å²) in [6.45, 7) is 6.55. The quantitative estimate of drug-likeness (QED) is 0.866. The molecule has 4 nitrogen and oxygen atoms in total. The van der Waals surface area contributed by atoms with E-state index in [0.717, 1.165) is 43.6 Å². The summed E-state index contributed by atoms with van der Waals surface area (Å²) in [6, 6.07) is 8.60. The van der Waals surface area contributed by atoms with Crippen LogP contribution in [0.3, 0.4) is 0 Å². The molecule has 0 spiro atoms. The van der Waals surface area contributed by atoms with Crippen LogP contribution in [-0.2, 0) is 17.8 Å². The van der Waals surface area contributed by atoms with Gasteiger partial charge in [-0.05, 0) is 42.5 Å². The number of carbonyl (C=O) groups is 1. The van der Waals surface area contributed by atoms with Crippen molar-refractivity contribution in [3.8, 4) is 0 Å². The number of carboxylic acid groups (broad SMARTS) is 1. The van der Waals surface area contributed by atoms with Crippen LogP contribution in [0.15, 0.2) is 24.3 Å². The molecule has 3 rings (SSSR count). The van der Waals surface area contributed by atoms with E-state index < -0.39 is 5.97 Å². The molecule has 1 aromatic carbocycles. The number of hydrogen-bond donors (Lipinski definition) is 2. The van der Waals surface area contributed by atoms with Crippen LogP contribution < -0.4 is 5.32 Å². The van der Waals surface area contributed by atoms with E-state index in [1.165, 1.54) is 12.0 Å². The van der Waals surface area contributed by atoms with Crippen molar-refractivity contribution in [2.24, 2.45) is 11.8 Å². The van der Waals surface area contributed by atoms with E-state index in [4.69, 9.17) is 5.11 Å². The molecule has 1 aromatic rings. The molecule has 0 aromatic heterocycles. The highest BCUT2D eigenvalue weighted by Gasteiger charge is 2.42. The van der Waals surface area contributed by atoms with Crippen LogP contribution in [-0.4, -0.2) is 41.7 Å². The van der Waals surface area contributed by atoms with Gasteiger partial charge < -0.3 is 10.4 Å². The number of aliphatic carboxylic acids is 1. The molecule has 0 amide bonds. The Morgan fingerprint density at radius 2 is 2.10 bits per heavy atom. The number of rotatable bonds is 5. The van der Waals surface area contributed by atoms with Crippen molar-refractivity contribution in [2.45, 2.75) is 32.4 Å². The maximum Gasteiger partial charge on any atom is 0.307 e. The SMILES string of the molecule is CCC1C2CNCC2CN1Cc1ccccc1CC(=O)O. The molecular formula is C17H24N2O2. The Kier molecular flexibility index (Phi) is 4.27. The average molecular weight is 288 g/mol. The lowest BCUT2D eigenvalue weighted by Crippen LogP contribution is -2.34. The summed E-state index contributed by atoms with van der Waals surface area (Å²) >= 11 is 0. The van der Waals surface area contributed by atoms with Crippen molar-refractivity contribution in [1.82, 2.24) is 10.2 Å². The highest BCUT2D eigenvalue weighted by molar-refractivity contribution is 5.70. The molecule has 21 heavy (non-hydrogen) atoms. The number of carboxylic acids is 1. The van der Waals surface area contributed by atoms with E-state index in [0.29, 0.717) is 6.04 Å². The Morgan fingerprint density at radius 3 is 2.81 bits per heavy atom. The molecule has 0 radical (unpaired) electrons. The Labute approximate surface area is 126 Å². The second-order valence-electron chi connectivity index (χ2n) is 6.33. The van der Waals surface area contributed by atoms with Crippen LogP contribution in [0.25, 0.3) is 0 Å². The second-order valence-corrected chi connectivity index (χ2v) is 6.33. The first-order valence-corrected chi connectivity index (χ1v) is 7.92. The third kappa shape index (κ3) is 2.97. The zero-order chi connectivity index (χ0) is 14.8. The number of likely N-dealkylation sites (tertiary alicyclic amines) is 1. The van der Waals surface area contributed by atoms with Gasteiger partial charge >= 0.3 is 5.97 Å². The van der Waals surface area contributed by atoms with Crippen molar-refractivity contribution in [3.05, 3.63) is 35.4 Å². The Morgan fingerprint density at radius 1 is 1.33 bits per heavy atom. The van der Waals surface area contributed by atoms with E-state index in [-0.39, 0.29) is 6.42 Å². The summed E-state index contributed by atoms with van der Waals surface area (Å²) in [5.74, 6) is 0.778. The lowest BCUT2D eigenvalue weighted by atomic mass is 9.93. The van der Waals surface area contributed by atoms with Crippen molar-refractivity contribution in [2.75, 3.05) is 19.6 Å². The Hall–Kier alpha value is -1.39. The summed E-state index contributed by atoms with van der Waals surface area (Å²) in [7, 11) is 0. The third-order valence-corrected chi connectivity index (χ3v) is 5.08. The minimum absolute atomic E-state index is 0.120. The van der Waals surface area contributed by atoms with E-state index in [9.17, 15) is 4.79 Å². The fraction of sp³-hybridized carbons (Fsp3) is 0.588. The lowest BCUT2D eigenvalue weighted by Gasteiger charge is -2.27. The molecule has 0 saturated carbocycles. The average Bonchev–Trinajstić information content (AvgIpc) is 3.00. The fourth-order valence-electron chi connectivity index (χ4n) is 4.12. The molecule has 4 heteroatoms. The van der Waals surface area contributed by atoms with Gasteiger partial charge in [0, 0.05) is 19.1 Å². The van der Waals surface area contributed by atoms with Crippen LogP contribution in [0.2, 0.25) is 0 Å². The molecule has 0 bridgehead atoms. The van der Waals surface area contributed by atoms with Gasteiger partial charge in [0.05, 0.1) is 6.42 Å². The molecule has 2 aliphatic rings. The number of fused-ring (bicyclic) bond motifs is 1. The van der Waals surface area contributed by atoms with E-state index in [2.05, 4.69) is 23.2 Å². The Bertz CT molecular complexity index is 517. The van der Waals surface area contributed by atoms with Gasteiger partial charge in [0.15, 0.2) is 0 Å². The van der Waals surface area contributed by atoms with Gasteiger partial charge in [-0.3, -0.25) is 9.69 Å². The number of nitrogens with zero attached hydrogens (tertiary/aromatic N) is 1. The Balaban J connectivity index is 1.76. The summed E-state index contributed by atoms with van der Waals surface area (Å²) in [4.78, 5) is 13.6. The van der Waals surface area contributed by atoms with Crippen LogP contribution in [0.5, 0.6) is 0 Å². The third-order valence-electron chi connectivity index (χ3n) is 5.08. The van der Waals surface area contributed by atoms with Crippen LogP contribution in [0.1, 0.15) is 24.5 Å². The van der Waals surface area contributed by atoms with Crippen molar-refractivity contribution in [1.29, 1.82) is 0 Å². The van der Waals surface area contributed by atoms with Gasteiger partial charge in [-0.25, -0.2) is 0 Å². The smallest absolute Gasteiger partial charge is 0.307 e. The molecule has 3 atom stereocenters. The highest BCUT2D eigenvalue weighted by atomic mass is 16.4. The van der Waals surface area contributed by atoms with Gasteiger partial charge in [0.2, 0.25) is 0 Å². The minimum Gasteiger partial charge on any atom is -0.481 e. The molecule has 3 unspecified atom stereocenters. The molecule has 2 aliphatic heterocycles. The first-order chi connectivity index (χ1) is 10.2. The van der Waals surface area contributed by atoms with Gasteiger partial charge in [-0.1, -0.05) is 31.2 Å². The molecule has 2 N–H and O–H groups in total. The molecule has 0 aliphatic carbocycles. The monoisotopic (exact) mass is 288 g/mol. The van der Waals surface area contributed by atoms with Gasteiger partial charge in [0.25, 0.3) is 0 Å². The topological polar surface area (TPSA) is 52.6 Å². The molecule has 2 saturated heterocycles. The van der Waals surface area contributed by atoms with Crippen molar-refractivity contribution in [3.63, 3.8) is 0 Å². The van der Waals surface area contributed by atoms with E-state index in [1.807, 2.05) is 18.2 Å². The second kappa shape index (κ2) is 6.16. The summed E-state index contributed by atoms with van der Waals surface area (Å²) in [6.07, 6.45) is 1.29. The predicted octanol–water partition coefficient (Wildman–Crippen LogP) is 1.74. The van der Waals surface area contributed by atoms with Crippen LogP contribution >= 0.6 is 0 Å². The summed E-state index contributed by atoms with van der Waals surface area (Å²) in [5.41, 5.74) is 2.13. The first-order valence-electron chi connectivity index (χ1n) is 7.92. The molecule has 2 heterocycles. The number of hydrogen-bond acceptors (Lipinski definition) is 3. The first kappa shape index (κ1) is 14.5. The molecule has 114 valence electrons. The normalized spacial score (nSPS) is 28.7. The van der Waals surface area contributed by atoms with Crippen molar-refractivity contribution < 1.29 is 9.90 Å². The number of benzene rings is 1. The standard InChI is InChI=1S/C17H24N2O2/c1-2-16-15-9-18-8-14(15)11-19(16)10-13-6-4-3-5-12(13)7-17(20)21/h3-6,14-16,18H,2,7-11H2,1H3,(H,20,21). The van der Waals surface area contributed by atoms with Crippen LogP contribution in [0, 0.1) is 11.8 Å². The summed E-state index contributed by atoms with van der Waals surface area (Å²) < 4.78 is 0. The molecule has 2 fully saturated rings. The molecular weight excluding hydrogens is 264 g/mol. The van der Waals surface area contributed by atoms with Gasteiger partial charge in [-0.15, -0.1) is 0 Å². The zero-order valence-corrected chi connectivity index (χ0v) is 12.6. The zero-order valence-electron chi connectivity index (χ0n) is 12.6. The maximum absolute atomic E-state index is 11.0. The van der Waals surface area contributed by atoms with E-state index >= 15 is 0 Å². The largest absolute Gasteiger partial charge is 0.481 e. The van der Waals surface area contributed by atoms with Crippen molar-refractivity contribution >= 4 is 5.97 Å². The van der Waals surface area contributed by atoms with Crippen LogP contribution in [0.4, 0.5) is 0 Å².